The van der Waals surface area contributed by atoms with Crippen molar-refractivity contribution in [2.24, 2.45) is 5.92 Å². The van der Waals surface area contributed by atoms with Crippen molar-refractivity contribution in [3.05, 3.63) is 47.8 Å². The fraction of sp³-hybridized carbons (Fsp3) is 0.500. The van der Waals surface area contributed by atoms with E-state index in [1.54, 1.807) is 7.11 Å². The highest BCUT2D eigenvalue weighted by Gasteiger charge is 2.24. The van der Waals surface area contributed by atoms with E-state index in [1.807, 2.05) is 10.9 Å². The Balaban J connectivity index is 1.67. The second-order valence-corrected chi connectivity index (χ2v) is 6.25. The second kappa shape index (κ2) is 7.07. The first-order valence-corrected chi connectivity index (χ1v) is 8.07. The summed E-state index contributed by atoms with van der Waals surface area (Å²) in [6.07, 6.45) is 6.89. The maximum atomic E-state index is 5.24. The van der Waals surface area contributed by atoms with Gasteiger partial charge in [0.15, 0.2) is 0 Å². The highest BCUT2D eigenvalue weighted by molar-refractivity contribution is 5.39. The van der Waals surface area contributed by atoms with Crippen LogP contribution in [0.1, 0.15) is 24.0 Å². The van der Waals surface area contributed by atoms with Crippen molar-refractivity contribution >= 4 is 0 Å². The van der Waals surface area contributed by atoms with Gasteiger partial charge in [0, 0.05) is 38.5 Å². The predicted octanol–water partition coefficient (Wildman–Crippen LogP) is 3.04. The molecular formula is C18H25N3O. The fourth-order valence-electron chi connectivity index (χ4n) is 2.77. The summed E-state index contributed by atoms with van der Waals surface area (Å²) in [5.41, 5.74) is 3.66. The summed E-state index contributed by atoms with van der Waals surface area (Å²) in [4.78, 5) is 2.49. The smallest absolute Gasteiger partial charge is 0.0674 e. The molecule has 0 atom stereocenters. The standard InChI is InChI=1S/C18H25N3O/c1-15-5-3-4-6-18(15)21-14-17(11-19-21)13-20(9-10-22-2)12-16-7-8-16/h3-6,11,14,16H,7-10,12-13H2,1-2H3. The Morgan fingerprint density at radius 3 is 2.86 bits per heavy atom. The molecule has 0 aliphatic heterocycles. The van der Waals surface area contributed by atoms with Crippen LogP contribution in [-0.4, -0.2) is 41.5 Å². The molecule has 1 heterocycles. The van der Waals surface area contributed by atoms with Crippen LogP contribution in [0.3, 0.4) is 0 Å². The molecule has 0 amide bonds. The molecule has 1 aromatic heterocycles. The van der Waals surface area contributed by atoms with Gasteiger partial charge in [-0.3, -0.25) is 4.90 Å². The van der Waals surface area contributed by atoms with E-state index >= 15 is 0 Å². The molecule has 1 fully saturated rings. The number of hydrogen-bond acceptors (Lipinski definition) is 3. The van der Waals surface area contributed by atoms with Crippen LogP contribution in [0.15, 0.2) is 36.7 Å². The van der Waals surface area contributed by atoms with E-state index in [0.29, 0.717) is 0 Å². The number of methoxy groups -OCH3 is 1. The van der Waals surface area contributed by atoms with Crippen LogP contribution in [-0.2, 0) is 11.3 Å². The van der Waals surface area contributed by atoms with Gasteiger partial charge >= 0.3 is 0 Å². The molecular weight excluding hydrogens is 274 g/mol. The van der Waals surface area contributed by atoms with Crippen LogP contribution in [0.5, 0.6) is 0 Å². The average molecular weight is 299 g/mol. The fourth-order valence-corrected chi connectivity index (χ4v) is 2.77. The summed E-state index contributed by atoms with van der Waals surface area (Å²) in [6, 6.07) is 8.35. The SMILES string of the molecule is COCCN(Cc1cnn(-c2ccccc2C)c1)CC1CC1. The summed E-state index contributed by atoms with van der Waals surface area (Å²) in [5.74, 6) is 0.892. The molecule has 1 aromatic carbocycles. The molecule has 0 unspecified atom stereocenters. The lowest BCUT2D eigenvalue weighted by Crippen LogP contribution is -2.29. The van der Waals surface area contributed by atoms with Crippen molar-refractivity contribution in [2.75, 3.05) is 26.8 Å². The Labute approximate surface area is 132 Å². The van der Waals surface area contributed by atoms with Crippen LogP contribution >= 0.6 is 0 Å². The second-order valence-electron chi connectivity index (χ2n) is 6.25. The molecule has 2 aromatic rings. The summed E-state index contributed by atoms with van der Waals surface area (Å²) >= 11 is 0. The summed E-state index contributed by atoms with van der Waals surface area (Å²) in [6.45, 7) is 6.03. The van der Waals surface area contributed by atoms with Gasteiger partial charge in [0.2, 0.25) is 0 Å². The lowest BCUT2D eigenvalue weighted by atomic mass is 10.2. The Hall–Kier alpha value is -1.65. The Kier molecular flexibility index (Phi) is 4.90. The molecule has 0 saturated heterocycles. The van der Waals surface area contributed by atoms with Crippen LogP contribution in [0.2, 0.25) is 0 Å². The highest BCUT2D eigenvalue weighted by atomic mass is 16.5. The quantitative estimate of drug-likeness (QED) is 0.750. The van der Waals surface area contributed by atoms with Gasteiger partial charge in [0.25, 0.3) is 0 Å². The van der Waals surface area contributed by atoms with Crippen molar-refractivity contribution in [3.8, 4) is 5.69 Å². The summed E-state index contributed by atoms with van der Waals surface area (Å²) in [7, 11) is 1.77. The molecule has 118 valence electrons. The molecule has 1 aliphatic carbocycles. The minimum absolute atomic E-state index is 0.790. The third kappa shape index (κ3) is 3.96. The molecule has 4 heteroatoms. The summed E-state index contributed by atoms with van der Waals surface area (Å²) in [5, 5.41) is 4.53. The molecule has 1 aliphatic rings. The van der Waals surface area contributed by atoms with Crippen LogP contribution in [0.4, 0.5) is 0 Å². The Morgan fingerprint density at radius 2 is 2.14 bits per heavy atom. The van der Waals surface area contributed by atoms with Crippen molar-refractivity contribution < 1.29 is 4.74 Å². The first kappa shape index (κ1) is 15.3. The largest absolute Gasteiger partial charge is 0.383 e. The average Bonchev–Trinajstić information content (AvgIpc) is 3.22. The van der Waals surface area contributed by atoms with E-state index < -0.39 is 0 Å². The lowest BCUT2D eigenvalue weighted by Gasteiger charge is -2.20. The number of rotatable bonds is 8. The maximum Gasteiger partial charge on any atom is 0.0674 e. The third-order valence-electron chi connectivity index (χ3n) is 4.23. The number of hydrogen-bond donors (Lipinski definition) is 0. The first-order valence-electron chi connectivity index (χ1n) is 8.07. The van der Waals surface area contributed by atoms with Crippen molar-refractivity contribution in [1.29, 1.82) is 0 Å². The van der Waals surface area contributed by atoms with Gasteiger partial charge in [-0.1, -0.05) is 18.2 Å². The molecule has 3 rings (SSSR count). The zero-order valence-corrected chi connectivity index (χ0v) is 13.5. The van der Waals surface area contributed by atoms with E-state index in [-0.39, 0.29) is 0 Å². The molecule has 22 heavy (non-hydrogen) atoms. The molecule has 0 radical (unpaired) electrons. The van der Waals surface area contributed by atoms with Gasteiger partial charge in [0.05, 0.1) is 18.5 Å². The molecule has 0 bridgehead atoms. The Bertz CT molecular complexity index is 604. The van der Waals surface area contributed by atoms with Gasteiger partial charge in [-0.15, -0.1) is 0 Å². The lowest BCUT2D eigenvalue weighted by molar-refractivity contribution is 0.141. The normalized spacial score (nSPS) is 14.7. The Morgan fingerprint density at radius 1 is 1.32 bits per heavy atom. The number of aromatic nitrogens is 2. The summed E-state index contributed by atoms with van der Waals surface area (Å²) < 4.78 is 7.22. The number of para-hydroxylation sites is 1. The third-order valence-corrected chi connectivity index (χ3v) is 4.23. The zero-order chi connectivity index (χ0) is 15.4. The monoisotopic (exact) mass is 299 g/mol. The molecule has 0 N–H and O–H groups in total. The van der Waals surface area contributed by atoms with Gasteiger partial charge < -0.3 is 4.74 Å². The van der Waals surface area contributed by atoms with E-state index in [0.717, 1.165) is 31.3 Å². The van der Waals surface area contributed by atoms with Gasteiger partial charge in [-0.05, 0) is 37.3 Å². The van der Waals surface area contributed by atoms with E-state index in [1.165, 1.54) is 30.5 Å². The van der Waals surface area contributed by atoms with Crippen LogP contribution < -0.4 is 0 Å². The number of aryl methyl sites for hydroxylation is 1. The number of nitrogens with zero attached hydrogens (tertiary/aromatic N) is 3. The van der Waals surface area contributed by atoms with Crippen LogP contribution in [0.25, 0.3) is 5.69 Å². The predicted molar refractivity (Wildman–Crippen MR) is 88.2 cm³/mol. The van der Waals surface area contributed by atoms with E-state index in [4.69, 9.17) is 4.74 Å². The van der Waals surface area contributed by atoms with E-state index in [9.17, 15) is 0 Å². The number of ether oxygens (including phenoxy) is 1. The van der Waals surface area contributed by atoms with Crippen molar-refractivity contribution in [2.45, 2.75) is 26.3 Å². The molecule has 1 saturated carbocycles. The minimum Gasteiger partial charge on any atom is -0.383 e. The first-order chi connectivity index (χ1) is 10.8. The molecule has 4 nitrogen and oxygen atoms in total. The van der Waals surface area contributed by atoms with Crippen LogP contribution in [0, 0.1) is 12.8 Å². The van der Waals surface area contributed by atoms with Crippen molar-refractivity contribution in [1.82, 2.24) is 14.7 Å². The molecule has 0 spiro atoms. The van der Waals surface area contributed by atoms with Gasteiger partial charge in [-0.25, -0.2) is 4.68 Å². The number of benzene rings is 1. The minimum atomic E-state index is 0.790. The van der Waals surface area contributed by atoms with Gasteiger partial charge in [0.1, 0.15) is 0 Å². The van der Waals surface area contributed by atoms with Crippen molar-refractivity contribution in [3.63, 3.8) is 0 Å². The topological polar surface area (TPSA) is 30.3 Å². The zero-order valence-electron chi connectivity index (χ0n) is 13.5. The highest BCUT2D eigenvalue weighted by Crippen LogP contribution is 2.30. The maximum absolute atomic E-state index is 5.24. The van der Waals surface area contributed by atoms with Gasteiger partial charge in [-0.2, -0.15) is 5.10 Å². The van der Waals surface area contributed by atoms with E-state index in [2.05, 4.69) is 47.4 Å².